The molecule has 132 valence electrons. The van der Waals surface area contributed by atoms with Crippen LogP contribution in [0.25, 0.3) is 33.6 Å². The predicted molar refractivity (Wildman–Crippen MR) is 103 cm³/mol. The maximum absolute atomic E-state index is 9.79. The first-order valence-electron chi connectivity index (χ1n) is 8.62. The molecule has 1 aliphatic carbocycles. The fourth-order valence-electron chi connectivity index (χ4n) is 3.66. The number of hydrogen-bond acceptors (Lipinski definition) is 4. The van der Waals surface area contributed by atoms with Crippen molar-refractivity contribution in [1.82, 2.24) is 10.2 Å². The van der Waals surface area contributed by atoms with Gasteiger partial charge >= 0.3 is 0 Å². The minimum Gasteiger partial charge on any atom is -0.508 e. The molecule has 0 atom stereocenters. The van der Waals surface area contributed by atoms with E-state index in [0.717, 1.165) is 44.8 Å². The van der Waals surface area contributed by atoms with Crippen molar-refractivity contribution in [3.8, 4) is 50.9 Å². The second-order valence-electron chi connectivity index (χ2n) is 6.72. The van der Waals surface area contributed by atoms with Crippen molar-refractivity contribution >= 4 is 0 Å². The van der Waals surface area contributed by atoms with Crippen LogP contribution < -0.4 is 0 Å². The van der Waals surface area contributed by atoms with Crippen LogP contribution in [0.5, 0.6) is 17.2 Å². The third-order valence-corrected chi connectivity index (χ3v) is 5.06. The van der Waals surface area contributed by atoms with Crippen LogP contribution in [-0.2, 0) is 6.42 Å². The van der Waals surface area contributed by atoms with Crippen LogP contribution in [0.4, 0.5) is 0 Å². The summed E-state index contributed by atoms with van der Waals surface area (Å²) in [6.07, 6.45) is 0.657. The maximum atomic E-state index is 9.79. The average Bonchev–Trinajstić information content (AvgIpc) is 3.23. The van der Waals surface area contributed by atoms with Crippen LogP contribution in [-0.4, -0.2) is 25.5 Å². The lowest BCUT2D eigenvalue weighted by Crippen LogP contribution is -1.87. The van der Waals surface area contributed by atoms with E-state index in [1.54, 1.807) is 24.3 Å². The Hall–Kier alpha value is -3.73. The van der Waals surface area contributed by atoms with Crippen LogP contribution >= 0.6 is 0 Å². The standard InChI is InChI=1S/C22H16N2O3/c25-16-7-5-13(6-8-16)12-1-3-14(4-2-12)21-18-9-15-10-19(26)20(27)11-17(15)22(18)24-23-21/h1-8,10-11,25-27H,9H2,(H,23,24). The van der Waals surface area contributed by atoms with Gasteiger partial charge in [0.2, 0.25) is 0 Å². The largest absolute Gasteiger partial charge is 0.508 e. The number of phenols is 3. The highest BCUT2D eigenvalue weighted by Gasteiger charge is 2.26. The van der Waals surface area contributed by atoms with E-state index in [2.05, 4.69) is 10.2 Å². The molecule has 5 heteroatoms. The van der Waals surface area contributed by atoms with Crippen molar-refractivity contribution in [2.24, 2.45) is 0 Å². The summed E-state index contributed by atoms with van der Waals surface area (Å²) in [5.74, 6) is 0.0155. The number of hydrogen-bond donors (Lipinski definition) is 4. The van der Waals surface area contributed by atoms with E-state index in [0.29, 0.717) is 6.42 Å². The molecule has 0 saturated heterocycles. The van der Waals surface area contributed by atoms with E-state index >= 15 is 0 Å². The van der Waals surface area contributed by atoms with Crippen LogP contribution in [0.15, 0.2) is 60.7 Å². The van der Waals surface area contributed by atoms with Gasteiger partial charge in [-0.05, 0) is 41.0 Å². The third kappa shape index (κ3) is 2.44. The maximum Gasteiger partial charge on any atom is 0.158 e. The van der Waals surface area contributed by atoms with Gasteiger partial charge in [-0.15, -0.1) is 0 Å². The number of H-pyrrole nitrogens is 1. The Labute approximate surface area is 155 Å². The summed E-state index contributed by atoms with van der Waals surface area (Å²) in [7, 11) is 0. The summed E-state index contributed by atoms with van der Waals surface area (Å²) in [6, 6.07) is 18.4. The predicted octanol–water partition coefficient (Wildman–Crippen LogP) is 4.43. The molecule has 27 heavy (non-hydrogen) atoms. The number of aromatic hydroxyl groups is 3. The van der Waals surface area contributed by atoms with Crippen molar-refractivity contribution < 1.29 is 15.3 Å². The molecule has 4 aromatic rings. The molecule has 0 unspecified atom stereocenters. The van der Waals surface area contributed by atoms with Gasteiger partial charge in [-0.3, -0.25) is 5.10 Å². The van der Waals surface area contributed by atoms with Gasteiger partial charge in [-0.1, -0.05) is 36.4 Å². The molecule has 4 N–H and O–H groups in total. The SMILES string of the molecule is Oc1ccc(-c2ccc(-c3n[nH]c4c3Cc3cc(O)c(O)cc3-4)cc2)cc1. The molecule has 1 aliphatic rings. The Kier molecular flexibility index (Phi) is 3.24. The van der Waals surface area contributed by atoms with Gasteiger partial charge in [0.1, 0.15) is 5.75 Å². The topological polar surface area (TPSA) is 89.4 Å². The van der Waals surface area contributed by atoms with E-state index < -0.39 is 0 Å². The van der Waals surface area contributed by atoms with Gasteiger partial charge < -0.3 is 15.3 Å². The van der Waals surface area contributed by atoms with Crippen LogP contribution in [0.2, 0.25) is 0 Å². The summed E-state index contributed by atoms with van der Waals surface area (Å²) in [5, 5.41) is 36.5. The van der Waals surface area contributed by atoms with E-state index in [4.69, 9.17) is 0 Å². The summed E-state index contributed by atoms with van der Waals surface area (Å²) < 4.78 is 0. The molecule has 0 bridgehead atoms. The van der Waals surface area contributed by atoms with Crippen LogP contribution in [0.1, 0.15) is 11.1 Å². The van der Waals surface area contributed by atoms with Gasteiger partial charge in [-0.2, -0.15) is 5.10 Å². The van der Waals surface area contributed by atoms with E-state index in [1.165, 1.54) is 0 Å². The highest BCUT2D eigenvalue weighted by atomic mass is 16.3. The second-order valence-corrected chi connectivity index (χ2v) is 6.72. The first-order chi connectivity index (χ1) is 13.1. The Morgan fingerprint density at radius 3 is 2.04 bits per heavy atom. The number of aromatic amines is 1. The van der Waals surface area contributed by atoms with Gasteiger partial charge in [-0.25, -0.2) is 0 Å². The number of benzene rings is 3. The molecule has 0 aliphatic heterocycles. The molecular weight excluding hydrogens is 340 g/mol. The number of nitrogens with zero attached hydrogens (tertiary/aromatic N) is 1. The number of fused-ring (bicyclic) bond motifs is 3. The zero-order valence-electron chi connectivity index (χ0n) is 14.3. The third-order valence-electron chi connectivity index (χ3n) is 5.06. The quantitative estimate of drug-likeness (QED) is 0.352. The van der Waals surface area contributed by atoms with Gasteiger partial charge in [0.25, 0.3) is 0 Å². The zero-order chi connectivity index (χ0) is 18.5. The van der Waals surface area contributed by atoms with Crippen molar-refractivity contribution in [3.05, 3.63) is 71.8 Å². The molecule has 0 fully saturated rings. The molecule has 3 aromatic carbocycles. The van der Waals surface area contributed by atoms with E-state index in [1.807, 2.05) is 36.4 Å². The van der Waals surface area contributed by atoms with Crippen molar-refractivity contribution in [2.75, 3.05) is 0 Å². The average molecular weight is 356 g/mol. The lowest BCUT2D eigenvalue weighted by Gasteiger charge is -2.05. The minimum absolute atomic E-state index is 0.105. The Morgan fingerprint density at radius 2 is 1.33 bits per heavy atom. The van der Waals surface area contributed by atoms with Crippen molar-refractivity contribution in [2.45, 2.75) is 6.42 Å². The Morgan fingerprint density at radius 1 is 0.741 bits per heavy atom. The lowest BCUT2D eigenvalue weighted by atomic mass is 10.0. The van der Waals surface area contributed by atoms with Gasteiger partial charge in [0, 0.05) is 23.1 Å². The smallest absolute Gasteiger partial charge is 0.158 e. The van der Waals surface area contributed by atoms with Crippen molar-refractivity contribution in [3.63, 3.8) is 0 Å². The molecule has 5 nitrogen and oxygen atoms in total. The first-order valence-corrected chi connectivity index (χ1v) is 8.62. The Balaban J connectivity index is 1.51. The van der Waals surface area contributed by atoms with E-state index in [-0.39, 0.29) is 17.2 Å². The molecule has 0 radical (unpaired) electrons. The Bertz CT molecular complexity index is 1160. The number of aromatic nitrogens is 2. The molecular formula is C22H16N2O3. The number of nitrogens with one attached hydrogen (secondary N) is 1. The molecule has 0 spiro atoms. The summed E-state index contributed by atoms with van der Waals surface area (Å²) in [5.41, 5.74) is 7.75. The monoisotopic (exact) mass is 356 g/mol. The zero-order valence-corrected chi connectivity index (χ0v) is 14.3. The fraction of sp³-hybridized carbons (Fsp3) is 0.0455. The lowest BCUT2D eigenvalue weighted by molar-refractivity contribution is 0.403. The fourth-order valence-corrected chi connectivity index (χ4v) is 3.66. The van der Waals surface area contributed by atoms with E-state index in [9.17, 15) is 15.3 Å². The minimum atomic E-state index is -0.129. The van der Waals surface area contributed by atoms with Gasteiger partial charge in [0.15, 0.2) is 11.5 Å². The second kappa shape index (κ2) is 5.64. The van der Waals surface area contributed by atoms with Crippen LogP contribution in [0.3, 0.4) is 0 Å². The van der Waals surface area contributed by atoms with Crippen molar-refractivity contribution in [1.29, 1.82) is 0 Å². The summed E-state index contributed by atoms with van der Waals surface area (Å²) in [4.78, 5) is 0. The normalized spacial score (nSPS) is 12.0. The molecule has 0 amide bonds. The van der Waals surface area contributed by atoms with Gasteiger partial charge in [0.05, 0.1) is 11.4 Å². The molecule has 0 saturated carbocycles. The first kappa shape index (κ1) is 15.5. The molecule has 5 rings (SSSR count). The highest BCUT2D eigenvalue weighted by Crippen LogP contribution is 2.44. The number of phenolic OH excluding ortho intramolecular Hbond substituents is 3. The number of rotatable bonds is 2. The summed E-state index contributed by atoms with van der Waals surface area (Å²) in [6.45, 7) is 0. The van der Waals surface area contributed by atoms with Crippen LogP contribution in [0, 0.1) is 0 Å². The molecule has 1 heterocycles. The highest BCUT2D eigenvalue weighted by molar-refractivity contribution is 5.83. The summed E-state index contributed by atoms with van der Waals surface area (Å²) >= 11 is 0. The molecule has 1 aromatic heterocycles.